The molecule has 0 spiro atoms. The SMILES string of the molecule is CC1CCc2c(sc3ncnc(N4CCN(CC(=O)N5CCCCC5C)CC4)c23)C1. The van der Waals surface area contributed by atoms with Crippen LogP contribution in [0.1, 0.15) is 50.0 Å². The number of carbonyl (C=O) groups excluding carboxylic acids is 1. The highest BCUT2D eigenvalue weighted by Crippen LogP contribution is 2.40. The van der Waals surface area contributed by atoms with Gasteiger partial charge >= 0.3 is 0 Å². The van der Waals surface area contributed by atoms with Crippen LogP contribution in [0.15, 0.2) is 6.33 Å². The lowest BCUT2D eigenvalue weighted by molar-refractivity contribution is -0.135. The number of carbonyl (C=O) groups is 1. The second-order valence-electron chi connectivity index (χ2n) is 9.42. The maximum Gasteiger partial charge on any atom is 0.236 e. The third-order valence-electron chi connectivity index (χ3n) is 7.23. The van der Waals surface area contributed by atoms with Crippen molar-refractivity contribution in [3.63, 3.8) is 0 Å². The predicted octanol–water partition coefficient (Wildman–Crippen LogP) is 3.34. The summed E-state index contributed by atoms with van der Waals surface area (Å²) in [6.07, 6.45) is 8.88. The first kappa shape index (κ1) is 20.2. The highest BCUT2D eigenvalue weighted by atomic mass is 32.1. The van der Waals surface area contributed by atoms with E-state index in [9.17, 15) is 4.79 Å². The maximum atomic E-state index is 12.8. The van der Waals surface area contributed by atoms with Crippen LogP contribution < -0.4 is 4.90 Å². The Morgan fingerprint density at radius 1 is 1.10 bits per heavy atom. The van der Waals surface area contributed by atoms with Crippen molar-refractivity contribution in [1.82, 2.24) is 19.8 Å². The van der Waals surface area contributed by atoms with E-state index < -0.39 is 0 Å². The number of piperidine rings is 1. The third-order valence-corrected chi connectivity index (χ3v) is 8.39. The van der Waals surface area contributed by atoms with Gasteiger partial charge in [0.1, 0.15) is 17.0 Å². The fourth-order valence-electron chi connectivity index (χ4n) is 5.37. The lowest BCUT2D eigenvalue weighted by atomic mass is 9.89. The predicted molar refractivity (Wildman–Crippen MR) is 122 cm³/mol. The Balaban J connectivity index is 1.27. The average molecular weight is 428 g/mol. The zero-order valence-corrected chi connectivity index (χ0v) is 19.1. The van der Waals surface area contributed by atoms with Crippen molar-refractivity contribution in [3.05, 3.63) is 16.8 Å². The number of hydrogen-bond donors (Lipinski definition) is 0. The normalized spacial score (nSPS) is 25.5. The standard InChI is InChI=1S/C23H33N5OS/c1-16-6-7-18-19(13-16)30-23-21(18)22(24-15-25-23)27-11-9-26(10-12-27)14-20(29)28-8-4-3-5-17(28)2/h15-17H,3-14H2,1-2H3. The van der Waals surface area contributed by atoms with Gasteiger partial charge in [-0.15, -0.1) is 11.3 Å². The van der Waals surface area contributed by atoms with Crippen LogP contribution in [0, 0.1) is 5.92 Å². The summed E-state index contributed by atoms with van der Waals surface area (Å²) in [4.78, 5) is 31.6. The lowest BCUT2D eigenvalue weighted by Crippen LogP contribution is -2.52. The molecular weight excluding hydrogens is 394 g/mol. The second-order valence-corrected chi connectivity index (χ2v) is 10.5. The zero-order chi connectivity index (χ0) is 20.7. The van der Waals surface area contributed by atoms with E-state index in [1.807, 2.05) is 11.3 Å². The first-order chi connectivity index (χ1) is 14.6. The van der Waals surface area contributed by atoms with Crippen molar-refractivity contribution in [1.29, 1.82) is 0 Å². The van der Waals surface area contributed by atoms with Gasteiger partial charge in [0.15, 0.2) is 0 Å². The molecular formula is C23H33N5OS. The van der Waals surface area contributed by atoms with E-state index in [0.29, 0.717) is 18.5 Å². The molecule has 1 amide bonds. The number of aromatic nitrogens is 2. The molecule has 2 aromatic rings. The Labute approximate surface area is 183 Å². The fraction of sp³-hybridized carbons (Fsp3) is 0.696. The summed E-state index contributed by atoms with van der Waals surface area (Å²) in [5.74, 6) is 2.19. The molecule has 2 fully saturated rings. The van der Waals surface area contributed by atoms with Crippen LogP contribution in [-0.2, 0) is 17.6 Å². The van der Waals surface area contributed by atoms with E-state index in [4.69, 9.17) is 4.98 Å². The molecule has 2 aliphatic heterocycles. The topological polar surface area (TPSA) is 52.6 Å². The number of rotatable bonds is 3. The second kappa shape index (κ2) is 8.42. The molecule has 0 aromatic carbocycles. The number of amides is 1. The molecule has 2 atom stereocenters. The van der Waals surface area contributed by atoms with Crippen molar-refractivity contribution in [2.24, 2.45) is 5.92 Å². The van der Waals surface area contributed by atoms with Gasteiger partial charge < -0.3 is 9.80 Å². The minimum atomic E-state index is 0.307. The fourth-order valence-corrected chi connectivity index (χ4v) is 6.71. The Morgan fingerprint density at radius 3 is 2.73 bits per heavy atom. The minimum absolute atomic E-state index is 0.307. The molecule has 0 saturated carbocycles. The molecule has 2 unspecified atom stereocenters. The molecule has 0 radical (unpaired) electrons. The molecule has 3 aliphatic rings. The summed E-state index contributed by atoms with van der Waals surface area (Å²) in [7, 11) is 0. The summed E-state index contributed by atoms with van der Waals surface area (Å²) in [5.41, 5.74) is 1.50. The van der Waals surface area contributed by atoms with Crippen LogP contribution in [0.25, 0.3) is 10.2 Å². The highest BCUT2D eigenvalue weighted by Gasteiger charge is 2.29. The Morgan fingerprint density at radius 2 is 1.93 bits per heavy atom. The molecule has 30 heavy (non-hydrogen) atoms. The van der Waals surface area contributed by atoms with Gasteiger partial charge in [0.2, 0.25) is 5.91 Å². The van der Waals surface area contributed by atoms with Crippen LogP contribution in [0.4, 0.5) is 5.82 Å². The minimum Gasteiger partial charge on any atom is -0.353 e. The third kappa shape index (κ3) is 3.82. The molecule has 2 aromatic heterocycles. The maximum absolute atomic E-state index is 12.8. The number of hydrogen-bond acceptors (Lipinski definition) is 6. The van der Waals surface area contributed by atoms with E-state index >= 15 is 0 Å². The first-order valence-electron chi connectivity index (χ1n) is 11.6. The number of anilines is 1. The van der Waals surface area contributed by atoms with E-state index in [-0.39, 0.29) is 0 Å². The molecule has 7 heteroatoms. The van der Waals surface area contributed by atoms with Gasteiger partial charge in [-0.1, -0.05) is 6.92 Å². The number of piperazine rings is 1. The highest BCUT2D eigenvalue weighted by molar-refractivity contribution is 7.19. The number of thiophene rings is 1. The average Bonchev–Trinajstić information content (AvgIpc) is 3.12. The van der Waals surface area contributed by atoms with Crippen molar-refractivity contribution >= 4 is 33.3 Å². The van der Waals surface area contributed by atoms with Crippen molar-refractivity contribution in [3.8, 4) is 0 Å². The smallest absolute Gasteiger partial charge is 0.236 e. The van der Waals surface area contributed by atoms with Gasteiger partial charge in [0.25, 0.3) is 0 Å². The van der Waals surface area contributed by atoms with Crippen molar-refractivity contribution in [2.45, 2.75) is 58.4 Å². The molecule has 0 bridgehead atoms. The molecule has 5 rings (SSSR count). The van der Waals surface area contributed by atoms with Gasteiger partial charge in [-0.3, -0.25) is 9.69 Å². The largest absolute Gasteiger partial charge is 0.353 e. The van der Waals surface area contributed by atoms with Crippen LogP contribution in [0.3, 0.4) is 0 Å². The van der Waals surface area contributed by atoms with Crippen LogP contribution in [-0.4, -0.2) is 71.0 Å². The molecule has 162 valence electrons. The summed E-state index contributed by atoms with van der Waals surface area (Å²) in [6.45, 7) is 9.73. The van der Waals surface area contributed by atoms with E-state index in [1.165, 1.54) is 35.1 Å². The molecule has 0 N–H and O–H groups in total. The summed E-state index contributed by atoms with van der Waals surface area (Å²) in [5, 5.41) is 1.30. The Hall–Kier alpha value is -1.73. The molecule has 1 aliphatic carbocycles. The van der Waals surface area contributed by atoms with Gasteiger partial charge in [0, 0.05) is 43.6 Å². The zero-order valence-electron chi connectivity index (χ0n) is 18.3. The number of nitrogens with zero attached hydrogens (tertiary/aromatic N) is 5. The summed E-state index contributed by atoms with van der Waals surface area (Å²) < 4.78 is 0. The van der Waals surface area contributed by atoms with Crippen molar-refractivity contribution in [2.75, 3.05) is 44.2 Å². The van der Waals surface area contributed by atoms with Crippen LogP contribution >= 0.6 is 11.3 Å². The number of aryl methyl sites for hydroxylation is 1. The van der Waals surface area contributed by atoms with E-state index in [0.717, 1.165) is 68.6 Å². The lowest BCUT2D eigenvalue weighted by Gasteiger charge is -2.38. The van der Waals surface area contributed by atoms with Gasteiger partial charge in [-0.2, -0.15) is 0 Å². The Kier molecular flexibility index (Phi) is 5.67. The van der Waals surface area contributed by atoms with Gasteiger partial charge in [-0.05, 0) is 56.9 Å². The number of fused-ring (bicyclic) bond motifs is 3. The Bertz CT molecular complexity index is 920. The molecule has 6 nitrogen and oxygen atoms in total. The quantitative estimate of drug-likeness (QED) is 0.752. The van der Waals surface area contributed by atoms with Gasteiger partial charge in [-0.25, -0.2) is 9.97 Å². The monoisotopic (exact) mass is 427 g/mol. The van der Waals surface area contributed by atoms with Crippen molar-refractivity contribution < 1.29 is 4.79 Å². The summed E-state index contributed by atoms with van der Waals surface area (Å²) >= 11 is 1.87. The van der Waals surface area contributed by atoms with Crippen LogP contribution in [0.2, 0.25) is 0 Å². The molecule has 2 saturated heterocycles. The van der Waals surface area contributed by atoms with E-state index in [1.54, 1.807) is 6.33 Å². The number of likely N-dealkylation sites (tertiary alicyclic amines) is 1. The summed E-state index contributed by atoms with van der Waals surface area (Å²) in [6, 6.07) is 0.398. The molecule has 4 heterocycles. The van der Waals surface area contributed by atoms with Crippen LogP contribution in [0.5, 0.6) is 0 Å². The van der Waals surface area contributed by atoms with Gasteiger partial charge in [0.05, 0.1) is 11.9 Å². The van der Waals surface area contributed by atoms with E-state index in [2.05, 4.69) is 33.5 Å². The first-order valence-corrected chi connectivity index (χ1v) is 12.4.